The number of carbonyl (C=O) groups is 1. The number of rotatable bonds is 2. The fourth-order valence-electron chi connectivity index (χ4n) is 9.07. The first-order valence-corrected chi connectivity index (χ1v) is 14.7. The zero-order chi connectivity index (χ0) is 25.7. The zero-order valence-electron chi connectivity index (χ0n) is 22.0. The Bertz CT molecular complexity index is 1470. The molecule has 2 saturated carbocycles. The van der Waals surface area contributed by atoms with E-state index in [1.54, 1.807) is 0 Å². The number of nitrogens with zero attached hydrogens (tertiary/aromatic N) is 1. The second kappa shape index (κ2) is 8.00. The van der Waals surface area contributed by atoms with Crippen LogP contribution in [0.25, 0.3) is 10.2 Å². The smallest absolute Gasteiger partial charge is 0.205 e. The van der Waals surface area contributed by atoms with Crippen LogP contribution in [0.15, 0.2) is 42.0 Å². The van der Waals surface area contributed by atoms with Crippen LogP contribution in [0.5, 0.6) is 0 Å². The van der Waals surface area contributed by atoms with Crippen molar-refractivity contribution < 1.29 is 9.90 Å². The first-order chi connectivity index (χ1) is 17.7. The average Bonchev–Trinajstić information content (AvgIpc) is 3.38. The molecular formula is C32H36N2O2S. The van der Waals surface area contributed by atoms with Crippen LogP contribution in [0.3, 0.4) is 0 Å². The van der Waals surface area contributed by atoms with Gasteiger partial charge in [-0.2, -0.15) is 0 Å². The summed E-state index contributed by atoms with van der Waals surface area (Å²) in [5, 5.41) is 11.4. The lowest BCUT2D eigenvalue weighted by molar-refractivity contribution is -0.0164. The summed E-state index contributed by atoms with van der Waals surface area (Å²) in [5.41, 5.74) is 13.8. The summed E-state index contributed by atoms with van der Waals surface area (Å²) >= 11 is 1.46. The highest BCUT2D eigenvalue weighted by atomic mass is 32.1. The Labute approximate surface area is 223 Å². The van der Waals surface area contributed by atoms with E-state index in [1.807, 2.05) is 30.3 Å². The molecular weight excluding hydrogens is 476 g/mol. The molecule has 0 unspecified atom stereocenters. The number of aromatic nitrogens is 1. The molecule has 0 saturated heterocycles. The van der Waals surface area contributed by atoms with Crippen LogP contribution in [0.1, 0.15) is 84.4 Å². The molecule has 0 radical (unpaired) electrons. The van der Waals surface area contributed by atoms with Crippen molar-refractivity contribution in [2.75, 3.05) is 5.73 Å². The SMILES string of the molecule is Cc1nc2sc(C(=O)c3ccccc3)c(N)c2c2c1[C@]1(C)CC[C@@H]3[C@H](CC=C4C[C@H](O)CC[C@@]43C)[C@H]1C2. The molecule has 7 rings (SSSR count). The molecule has 3 aromatic rings. The molecule has 3 N–H and O–H groups in total. The van der Waals surface area contributed by atoms with Crippen LogP contribution in [0.4, 0.5) is 5.69 Å². The van der Waals surface area contributed by atoms with Gasteiger partial charge < -0.3 is 10.8 Å². The number of ketones is 1. The maximum absolute atomic E-state index is 13.4. The van der Waals surface area contributed by atoms with E-state index in [2.05, 4.69) is 26.8 Å². The van der Waals surface area contributed by atoms with Gasteiger partial charge in [-0.1, -0.05) is 55.8 Å². The Morgan fingerprint density at radius 1 is 1.08 bits per heavy atom. The van der Waals surface area contributed by atoms with Crippen LogP contribution < -0.4 is 5.73 Å². The number of aliphatic hydroxyl groups is 1. The van der Waals surface area contributed by atoms with E-state index < -0.39 is 0 Å². The normalized spacial score (nSPS) is 34.3. The molecule has 4 aliphatic rings. The molecule has 37 heavy (non-hydrogen) atoms. The maximum atomic E-state index is 13.4. The lowest BCUT2D eigenvalue weighted by Crippen LogP contribution is -2.51. The number of anilines is 1. The standard InChI is InChI=1S/C32H36N2O2S/c1-17-26-22(25-27(33)29(37-30(25)34-17)28(36)18-7-5-4-6-8-18)16-24-21-10-9-19-15-20(35)11-13-31(19,2)23(21)12-14-32(24,26)3/h4-9,20-21,23-24,35H,10-16,33H2,1-3H3/t20-,21+,23-,24-,31+,32-/m1/s1. The summed E-state index contributed by atoms with van der Waals surface area (Å²) in [4.78, 5) is 20.0. The Balaban J connectivity index is 1.33. The third-order valence-corrected chi connectivity index (χ3v) is 12.0. The lowest BCUT2D eigenvalue weighted by Gasteiger charge is -2.57. The second-order valence-corrected chi connectivity index (χ2v) is 13.6. The lowest BCUT2D eigenvalue weighted by atomic mass is 9.47. The minimum atomic E-state index is -0.170. The summed E-state index contributed by atoms with van der Waals surface area (Å²) in [7, 11) is 0. The van der Waals surface area contributed by atoms with Crippen molar-refractivity contribution in [1.29, 1.82) is 0 Å². The van der Waals surface area contributed by atoms with Crippen LogP contribution in [0, 0.1) is 30.1 Å². The minimum absolute atomic E-state index is 0.00782. The van der Waals surface area contributed by atoms with Crippen molar-refractivity contribution in [3.8, 4) is 0 Å². The number of nitrogen functional groups attached to an aromatic ring is 1. The van der Waals surface area contributed by atoms with Gasteiger partial charge in [0.05, 0.1) is 11.8 Å². The van der Waals surface area contributed by atoms with Gasteiger partial charge in [-0.15, -0.1) is 11.3 Å². The van der Waals surface area contributed by atoms with Gasteiger partial charge >= 0.3 is 0 Å². The predicted octanol–water partition coefficient (Wildman–Crippen LogP) is 6.76. The topological polar surface area (TPSA) is 76.2 Å². The number of carbonyl (C=O) groups excluding carboxylic acids is 1. The van der Waals surface area contributed by atoms with Crippen molar-refractivity contribution in [2.45, 2.75) is 77.2 Å². The number of nitrogens with two attached hydrogens (primary N) is 1. The predicted molar refractivity (Wildman–Crippen MR) is 150 cm³/mol. The van der Waals surface area contributed by atoms with E-state index in [4.69, 9.17) is 10.7 Å². The number of allylic oxidation sites excluding steroid dienone is 1. The molecule has 2 aromatic heterocycles. The number of benzene rings is 1. The highest BCUT2D eigenvalue weighted by Gasteiger charge is 2.58. The van der Waals surface area contributed by atoms with Gasteiger partial charge in [0.2, 0.25) is 5.78 Å². The monoisotopic (exact) mass is 512 g/mol. The van der Waals surface area contributed by atoms with Crippen molar-refractivity contribution >= 4 is 33.0 Å². The minimum Gasteiger partial charge on any atom is -0.397 e. The highest BCUT2D eigenvalue weighted by Crippen LogP contribution is 2.65. The maximum Gasteiger partial charge on any atom is 0.205 e. The average molecular weight is 513 g/mol. The van der Waals surface area contributed by atoms with Gasteiger partial charge in [0.15, 0.2) is 0 Å². The van der Waals surface area contributed by atoms with Crippen molar-refractivity contribution in [2.24, 2.45) is 23.2 Å². The van der Waals surface area contributed by atoms with E-state index in [0.29, 0.717) is 33.9 Å². The number of hydrogen-bond donors (Lipinski definition) is 2. The van der Waals surface area contributed by atoms with Crippen molar-refractivity contribution in [3.05, 3.63) is 69.2 Å². The molecule has 0 amide bonds. The number of pyridine rings is 1. The van der Waals surface area contributed by atoms with Crippen LogP contribution in [-0.4, -0.2) is 22.0 Å². The third kappa shape index (κ3) is 3.16. The van der Waals surface area contributed by atoms with Gasteiger partial charge in [0.1, 0.15) is 9.71 Å². The molecule has 4 aliphatic carbocycles. The first-order valence-electron chi connectivity index (χ1n) is 13.9. The van der Waals surface area contributed by atoms with Gasteiger partial charge in [-0.05, 0) is 91.6 Å². The van der Waals surface area contributed by atoms with Crippen LogP contribution in [-0.2, 0) is 11.8 Å². The second-order valence-electron chi connectivity index (χ2n) is 12.6. The summed E-state index contributed by atoms with van der Waals surface area (Å²) in [6.07, 6.45) is 9.75. The molecule has 5 heteroatoms. The number of fused-ring (bicyclic) bond motifs is 9. The Morgan fingerprint density at radius 3 is 2.62 bits per heavy atom. The molecule has 1 aromatic carbocycles. The van der Waals surface area contributed by atoms with Crippen molar-refractivity contribution in [3.63, 3.8) is 0 Å². The van der Waals surface area contributed by atoms with E-state index in [9.17, 15) is 9.90 Å². The molecule has 4 nitrogen and oxygen atoms in total. The Hall–Kier alpha value is -2.50. The number of thiophene rings is 1. The Morgan fingerprint density at radius 2 is 1.84 bits per heavy atom. The molecule has 0 bridgehead atoms. The Kier molecular flexibility index (Phi) is 5.10. The number of hydrogen-bond acceptors (Lipinski definition) is 5. The number of aryl methyl sites for hydroxylation is 1. The summed E-state index contributed by atoms with van der Waals surface area (Å²) in [6, 6.07) is 9.45. The number of aliphatic hydroxyl groups excluding tert-OH is 1. The van der Waals surface area contributed by atoms with E-state index in [1.165, 1.54) is 40.9 Å². The third-order valence-electron chi connectivity index (χ3n) is 10.9. The molecule has 6 atom stereocenters. The van der Waals surface area contributed by atoms with Gasteiger partial charge in [-0.25, -0.2) is 4.98 Å². The van der Waals surface area contributed by atoms with E-state index in [0.717, 1.165) is 48.0 Å². The van der Waals surface area contributed by atoms with Crippen molar-refractivity contribution in [1.82, 2.24) is 4.98 Å². The fraction of sp³-hybridized carbons (Fsp3) is 0.500. The van der Waals surface area contributed by atoms with Gasteiger partial charge in [0.25, 0.3) is 0 Å². The molecule has 0 aliphatic heterocycles. The van der Waals surface area contributed by atoms with E-state index in [-0.39, 0.29) is 22.7 Å². The zero-order valence-corrected chi connectivity index (χ0v) is 22.8. The van der Waals surface area contributed by atoms with E-state index >= 15 is 0 Å². The highest BCUT2D eigenvalue weighted by molar-refractivity contribution is 7.21. The molecule has 2 heterocycles. The molecule has 2 fully saturated rings. The molecule has 192 valence electrons. The van der Waals surface area contributed by atoms with Gasteiger partial charge in [-0.3, -0.25) is 4.79 Å². The molecule has 0 spiro atoms. The quantitative estimate of drug-likeness (QED) is 0.294. The first kappa shape index (κ1) is 23.6. The van der Waals surface area contributed by atoms with Crippen LogP contribution >= 0.6 is 11.3 Å². The fourth-order valence-corrected chi connectivity index (χ4v) is 10.2. The van der Waals surface area contributed by atoms with Crippen LogP contribution in [0.2, 0.25) is 0 Å². The largest absolute Gasteiger partial charge is 0.397 e. The summed E-state index contributed by atoms with van der Waals surface area (Å²) < 4.78 is 0. The van der Waals surface area contributed by atoms with Gasteiger partial charge in [0, 0.05) is 16.6 Å². The summed E-state index contributed by atoms with van der Waals surface area (Å²) in [5.74, 6) is 1.86. The summed E-state index contributed by atoms with van der Waals surface area (Å²) in [6.45, 7) is 7.12.